The minimum Gasteiger partial charge on any atom is -0.376 e. The van der Waals surface area contributed by atoms with E-state index in [9.17, 15) is 0 Å². The molecule has 1 heterocycles. The van der Waals surface area contributed by atoms with Gasteiger partial charge in [-0.25, -0.2) is 0 Å². The van der Waals surface area contributed by atoms with Crippen molar-refractivity contribution in [3.05, 3.63) is 0 Å². The number of rotatable bonds is 4. The van der Waals surface area contributed by atoms with Crippen LogP contribution >= 0.6 is 0 Å². The second kappa shape index (κ2) is 4.40. The van der Waals surface area contributed by atoms with E-state index in [1.165, 1.54) is 13.0 Å². The Bertz CT molecular complexity index is 212. The van der Waals surface area contributed by atoms with E-state index >= 15 is 0 Å². The van der Waals surface area contributed by atoms with Crippen LogP contribution in [0.1, 0.15) is 33.6 Å². The van der Waals surface area contributed by atoms with Crippen LogP contribution in [-0.2, 0) is 9.47 Å². The average Bonchev–Trinajstić information content (AvgIpc) is 2.89. The monoisotopic (exact) mass is 213 g/mol. The zero-order valence-corrected chi connectivity index (χ0v) is 10.2. The van der Waals surface area contributed by atoms with Crippen molar-refractivity contribution in [2.75, 3.05) is 26.3 Å². The Balaban J connectivity index is 1.58. The molecule has 2 rings (SSSR count). The van der Waals surface area contributed by atoms with Crippen LogP contribution in [0.2, 0.25) is 0 Å². The Labute approximate surface area is 92.7 Å². The Morgan fingerprint density at radius 1 is 1.40 bits per heavy atom. The molecule has 1 saturated carbocycles. The van der Waals surface area contributed by atoms with Crippen LogP contribution in [0.5, 0.6) is 0 Å². The number of ether oxygens (including phenoxy) is 2. The molecule has 0 aromatic rings. The first-order valence-corrected chi connectivity index (χ1v) is 6.06. The summed E-state index contributed by atoms with van der Waals surface area (Å²) in [6, 6.07) is 0.730. The third-order valence-electron chi connectivity index (χ3n) is 3.00. The summed E-state index contributed by atoms with van der Waals surface area (Å²) < 4.78 is 11.3. The molecule has 3 nitrogen and oxygen atoms in total. The molecule has 0 aromatic carbocycles. The fourth-order valence-electron chi connectivity index (χ4n) is 2.13. The number of nitrogens with zero attached hydrogens (tertiary/aromatic N) is 1. The summed E-state index contributed by atoms with van der Waals surface area (Å²) >= 11 is 0. The molecule has 0 N–H and O–H groups in total. The smallest absolute Gasteiger partial charge is 0.0747 e. The summed E-state index contributed by atoms with van der Waals surface area (Å²) in [7, 11) is 0. The van der Waals surface area contributed by atoms with Gasteiger partial charge in [0, 0.05) is 25.7 Å². The minimum absolute atomic E-state index is 0.00707. The van der Waals surface area contributed by atoms with E-state index in [0.29, 0.717) is 6.10 Å². The molecule has 0 spiro atoms. The van der Waals surface area contributed by atoms with Crippen LogP contribution in [-0.4, -0.2) is 49.0 Å². The highest BCUT2D eigenvalue weighted by Crippen LogP contribution is 2.34. The van der Waals surface area contributed by atoms with Gasteiger partial charge in [-0.1, -0.05) is 0 Å². The first-order valence-electron chi connectivity index (χ1n) is 6.06. The van der Waals surface area contributed by atoms with Gasteiger partial charge in [0.15, 0.2) is 0 Å². The van der Waals surface area contributed by atoms with E-state index in [1.807, 2.05) is 0 Å². The summed E-state index contributed by atoms with van der Waals surface area (Å²) in [5.41, 5.74) is 0.00707. The van der Waals surface area contributed by atoms with Gasteiger partial charge in [0.05, 0.1) is 18.3 Å². The Kier molecular flexibility index (Phi) is 3.33. The molecule has 0 radical (unpaired) electrons. The lowest BCUT2D eigenvalue weighted by atomic mass is 10.2. The molecular weight excluding hydrogens is 190 g/mol. The first-order chi connectivity index (χ1) is 7.06. The molecular formula is C12H23NO2. The van der Waals surface area contributed by atoms with Gasteiger partial charge in [-0.15, -0.1) is 0 Å². The molecule has 0 aromatic heterocycles. The normalized spacial score (nSPS) is 31.4. The van der Waals surface area contributed by atoms with E-state index in [-0.39, 0.29) is 5.60 Å². The molecule has 2 fully saturated rings. The van der Waals surface area contributed by atoms with Crippen LogP contribution < -0.4 is 0 Å². The standard InChI is InChI=1S/C12H23NO2/c1-12(2,3)15-7-4-5-13-6-8-14-11-9-10(11)13/h10-11H,4-9H2,1-3H3/t10-,11+/m0/s1. The van der Waals surface area contributed by atoms with Crippen LogP contribution in [0.25, 0.3) is 0 Å². The fraction of sp³-hybridized carbons (Fsp3) is 1.00. The molecule has 0 amide bonds. The maximum absolute atomic E-state index is 5.71. The lowest BCUT2D eigenvalue weighted by molar-refractivity contribution is -0.0137. The lowest BCUT2D eigenvalue weighted by Crippen LogP contribution is -2.37. The predicted molar refractivity (Wildman–Crippen MR) is 60.0 cm³/mol. The van der Waals surface area contributed by atoms with Crippen molar-refractivity contribution in [2.45, 2.75) is 51.4 Å². The van der Waals surface area contributed by atoms with E-state index < -0.39 is 0 Å². The maximum atomic E-state index is 5.71. The molecule has 0 bridgehead atoms. The Morgan fingerprint density at radius 2 is 2.20 bits per heavy atom. The largest absolute Gasteiger partial charge is 0.376 e. The molecule has 2 aliphatic rings. The van der Waals surface area contributed by atoms with Crippen LogP contribution in [0.4, 0.5) is 0 Å². The average molecular weight is 213 g/mol. The molecule has 15 heavy (non-hydrogen) atoms. The molecule has 88 valence electrons. The second-order valence-corrected chi connectivity index (χ2v) is 5.56. The van der Waals surface area contributed by atoms with Crippen molar-refractivity contribution in [1.29, 1.82) is 0 Å². The molecule has 1 aliphatic carbocycles. The van der Waals surface area contributed by atoms with Crippen molar-refractivity contribution < 1.29 is 9.47 Å². The molecule has 1 saturated heterocycles. The van der Waals surface area contributed by atoms with Gasteiger partial charge in [0.25, 0.3) is 0 Å². The van der Waals surface area contributed by atoms with Gasteiger partial charge in [-0.3, -0.25) is 4.90 Å². The summed E-state index contributed by atoms with van der Waals surface area (Å²) in [6.07, 6.45) is 2.95. The van der Waals surface area contributed by atoms with Crippen LogP contribution in [0.15, 0.2) is 0 Å². The van der Waals surface area contributed by atoms with Gasteiger partial charge in [0.1, 0.15) is 0 Å². The predicted octanol–water partition coefficient (Wildman–Crippen LogP) is 1.66. The van der Waals surface area contributed by atoms with Gasteiger partial charge < -0.3 is 9.47 Å². The fourth-order valence-corrected chi connectivity index (χ4v) is 2.13. The maximum Gasteiger partial charge on any atom is 0.0747 e. The van der Waals surface area contributed by atoms with E-state index in [2.05, 4.69) is 25.7 Å². The number of fused-ring (bicyclic) bond motifs is 1. The Morgan fingerprint density at radius 3 is 2.93 bits per heavy atom. The third-order valence-corrected chi connectivity index (χ3v) is 3.00. The highest BCUT2D eigenvalue weighted by atomic mass is 16.5. The molecule has 1 aliphatic heterocycles. The molecule has 2 atom stereocenters. The number of morpholine rings is 1. The minimum atomic E-state index is 0.00707. The SMILES string of the molecule is CC(C)(C)OCCCN1CCO[C@@H]2C[C@@H]21. The van der Waals surface area contributed by atoms with Crippen LogP contribution in [0, 0.1) is 0 Å². The highest BCUT2D eigenvalue weighted by molar-refractivity contribution is 4.99. The number of hydrogen-bond acceptors (Lipinski definition) is 3. The van der Waals surface area contributed by atoms with Crippen molar-refractivity contribution in [3.8, 4) is 0 Å². The summed E-state index contributed by atoms with van der Waals surface area (Å²) in [5.74, 6) is 0. The zero-order valence-electron chi connectivity index (χ0n) is 10.2. The zero-order chi connectivity index (χ0) is 10.9. The van der Waals surface area contributed by atoms with Crippen molar-refractivity contribution >= 4 is 0 Å². The quantitative estimate of drug-likeness (QED) is 0.663. The van der Waals surface area contributed by atoms with Crippen molar-refractivity contribution in [1.82, 2.24) is 4.90 Å². The van der Waals surface area contributed by atoms with Gasteiger partial charge in [-0.05, 0) is 33.6 Å². The third kappa shape index (κ3) is 3.44. The highest BCUT2D eigenvalue weighted by Gasteiger charge is 2.45. The van der Waals surface area contributed by atoms with E-state index in [4.69, 9.17) is 9.47 Å². The summed E-state index contributed by atoms with van der Waals surface area (Å²) in [5, 5.41) is 0. The topological polar surface area (TPSA) is 21.7 Å². The van der Waals surface area contributed by atoms with Gasteiger partial charge >= 0.3 is 0 Å². The first kappa shape index (κ1) is 11.4. The summed E-state index contributed by atoms with van der Waals surface area (Å²) in [4.78, 5) is 2.56. The second-order valence-electron chi connectivity index (χ2n) is 5.56. The van der Waals surface area contributed by atoms with Crippen LogP contribution in [0.3, 0.4) is 0 Å². The van der Waals surface area contributed by atoms with E-state index in [0.717, 1.165) is 32.2 Å². The lowest BCUT2D eigenvalue weighted by Gasteiger charge is -2.27. The van der Waals surface area contributed by atoms with Gasteiger partial charge in [-0.2, -0.15) is 0 Å². The summed E-state index contributed by atoms with van der Waals surface area (Å²) in [6.45, 7) is 10.4. The number of hydrogen-bond donors (Lipinski definition) is 0. The Hall–Kier alpha value is -0.120. The van der Waals surface area contributed by atoms with Crippen molar-refractivity contribution in [3.63, 3.8) is 0 Å². The van der Waals surface area contributed by atoms with Gasteiger partial charge in [0.2, 0.25) is 0 Å². The van der Waals surface area contributed by atoms with E-state index in [1.54, 1.807) is 0 Å². The molecule has 3 heteroatoms. The van der Waals surface area contributed by atoms with Crippen molar-refractivity contribution in [2.24, 2.45) is 0 Å². The molecule has 0 unspecified atom stereocenters.